The van der Waals surface area contributed by atoms with E-state index in [1.807, 2.05) is 22.8 Å². The van der Waals surface area contributed by atoms with Crippen LogP contribution in [0.25, 0.3) is 11.2 Å². The molecule has 3 aromatic rings. The van der Waals surface area contributed by atoms with Crippen LogP contribution in [-0.2, 0) is 6.54 Å². The maximum absolute atomic E-state index is 5.23. The summed E-state index contributed by atoms with van der Waals surface area (Å²) in [6.45, 7) is 0.538. The van der Waals surface area contributed by atoms with Crippen LogP contribution in [0.15, 0.2) is 35.1 Å². The molecule has 0 aliphatic heterocycles. The first-order valence-corrected chi connectivity index (χ1v) is 5.18. The average Bonchev–Trinajstić information content (AvgIpc) is 2.89. The summed E-state index contributed by atoms with van der Waals surface area (Å²) in [6.07, 6.45) is 3.35. The van der Waals surface area contributed by atoms with Gasteiger partial charge >= 0.3 is 0 Å². The zero-order valence-corrected chi connectivity index (χ0v) is 9.07. The van der Waals surface area contributed by atoms with E-state index in [1.165, 1.54) is 0 Å². The Kier molecular flexibility index (Phi) is 2.07. The van der Waals surface area contributed by atoms with Gasteiger partial charge in [-0.3, -0.25) is 4.57 Å². The molecular formula is C10H8N4OS. The smallest absolute Gasteiger partial charge is 0.179 e. The zero-order valence-electron chi connectivity index (χ0n) is 8.25. The molecule has 16 heavy (non-hydrogen) atoms. The minimum Gasteiger partial charge on any atom is -0.359 e. The standard InChI is InChI=1S/C10H8N4OS/c16-10-13-8-2-1-4-11-9(8)14(10)6-7-3-5-12-15-7/h1-5H,6H2,(H,13,16). The Hall–Kier alpha value is -1.95. The van der Waals surface area contributed by atoms with Crippen molar-refractivity contribution in [2.24, 2.45) is 0 Å². The SMILES string of the molecule is S=c1[nH]c2cccnc2n1Cc1ccno1. The third-order valence-electron chi connectivity index (χ3n) is 2.33. The van der Waals surface area contributed by atoms with Crippen molar-refractivity contribution in [3.8, 4) is 0 Å². The fourth-order valence-corrected chi connectivity index (χ4v) is 1.88. The number of hydrogen-bond donors (Lipinski definition) is 1. The molecule has 5 nitrogen and oxygen atoms in total. The Morgan fingerprint density at radius 2 is 2.31 bits per heavy atom. The number of aromatic amines is 1. The molecule has 3 rings (SSSR count). The monoisotopic (exact) mass is 232 g/mol. The highest BCUT2D eigenvalue weighted by Gasteiger charge is 2.07. The van der Waals surface area contributed by atoms with Crippen molar-refractivity contribution in [3.63, 3.8) is 0 Å². The van der Waals surface area contributed by atoms with E-state index in [4.69, 9.17) is 16.7 Å². The van der Waals surface area contributed by atoms with Gasteiger partial charge in [-0.05, 0) is 24.4 Å². The van der Waals surface area contributed by atoms with Crippen molar-refractivity contribution >= 4 is 23.4 Å². The van der Waals surface area contributed by atoms with E-state index >= 15 is 0 Å². The van der Waals surface area contributed by atoms with E-state index in [9.17, 15) is 0 Å². The van der Waals surface area contributed by atoms with Crippen LogP contribution in [0, 0.1) is 4.77 Å². The van der Waals surface area contributed by atoms with Crippen molar-refractivity contribution in [2.75, 3.05) is 0 Å². The summed E-state index contributed by atoms with van der Waals surface area (Å²) in [5, 5.41) is 3.66. The van der Waals surface area contributed by atoms with E-state index in [0.717, 1.165) is 16.9 Å². The maximum Gasteiger partial charge on any atom is 0.179 e. The summed E-state index contributed by atoms with van der Waals surface area (Å²) in [6, 6.07) is 5.62. The maximum atomic E-state index is 5.23. The molecule has 0 amide bonds. The fourth-order valence-electron chi connectivity index (χ4n) is 1.61. The van der Waals surface area contributed by atoms with E-state index < -0.39 is 0 Å². The van der Waals surface area contributed by atoms with Crippen molar-refractivity contribution in [3.05, 3.63) is 41.1 Å². The number of pyridine rings is 1. The lowest BCUT2D eigenvalue weighted by molar-refractivity contribution is 0.377. The summed E-state index contributed by atoms with van der Waals surface area (Å²) in [4.78, 5) is 7.38. The predicted molar refractivity (Wildman–Crippen MR) is 60.5 cm³/mol. The summed E-state index contributed by atoms with van der Waals surface area (Å²) in [5.74, 6) is 0.752. The highest BCUT2D eigenvalue weighted by molar-refractivity contribution is 7.71. The zero-order chi connectivity index (χ0) is 11.0. The van der Waals surface area contributed by atoms with Crippen LogP contribution in [0.2, 0.25) is 0 Å². The Balaban J connectivity index is 2.16. The number of rotatable bonds is 2. The van der Waals surface area contributed by atoms with Crippen LogP contribution < -0.4 is 0 Å². The lowest BCUT2D eigenvalue weighted by Crippen LogP contribution is -1.99. The number of fused-ring (bicyclic) bond motifs is 1. The molecule has 0 bridgehead atoms. The number of nitrogens with one attached hydrogen (secondary N) is 1. The Morgan fingerprint density at radius 3 is 3.12 bits per heavy atom. The van der Waals surface area contributed by atoms with Gasteiger partial charge in [0.05, 0.1) is 18.3 Å². The minimum atomic E-state index is 0.538. The normalized spacial score (nSPS) is 11.0. The third-order valence-corrected chi connectivity index (χ3v) is 2.66. The van der Waals surface area contributed by atoms with Gasteiger partial charge in [0.25, 0.3) is 0 Å². The molecule has 6 heteroatoms. The van der Waals surface area contributed by atoms with Gasteiger partial charge < -0.3 is 9.51 Å². The van der Waals surface area contributed by atoms with Crippen LogP contribution in [0.3, 0.4) is 0 Å². The molecule has 0 saturated carbocycles. The molecular weight excluding hydrogens is 224 g/mol. The molecule has 0 fully saturated rings. The van der Waals surface area contributed by atoms with Crippen LogP contribution in [-0.4, -0.2) is 19.7 Å². The molecule has 0 unspecified atom stereocenters. The predicted octanol–water partition coefficient (Wildman–Crippen LogP) is 2.13. The molecule has 0 aromatic carbocycles. The fraction of sp³-hybridized carbons (Fsp3) is 0.100. The quantitative estimate of drug-likeness (QED) is 0.687. The molecule has 3 aromatic heterocycles. The minimum absolute atomic E-state index is 0.538. The topological polar surface area (TPSA) is 59.6 Å². The lowest BCUT2D eigenvalue weighted by Gasteiger charge is -1.99. The van der Waals surface area contributed by atoms with E-state index in [0.29, 0.717) is 11.3 Å². The van der Waals surface area contributed by atoms with Crippen molar-refractivity contribution in [1.29, 1.82) is 0 Å². The van der Waals surface area contributed by atoms with Gasteiger partial charge in [0.2, 0.25) is 0 Å². The molecule has 0 atom stereocenters. The summed E-state index contributed by atoms with van der Waals surface area (Å²) < 4.78 is 7.56. The highest BCUT2D eigenvalue weighted by atomic mass is 32.1. The van der Waals surface area contributed by atoms with Gasteiger partial charge in [0.1, 0.15) is 0 Å². The first-order chi connectivity index (χ1) is 7.84. The Morgan fingerprint density at radius 1 is 1.38 bits per heavy atom. The Labute approximate surface area is 95.7 Å². The molecule has 0 saturated heterocycles. The molecule has 0 aliphatic carbocycles. The summed E-state index contributed by atoms with van der Waals surface area (Å²) in [7, 11) is 0. The lowest BCUT2D eigenvalue weighted by atomic mass is 10.4. The van der Waals surface area contributed by atoms with Crippen LogP contribution in [0.1, 0.15) is 5.76 Å². The number of nitrogens with zero attached hydrogens (tertiary/aromatic N) is 3. The largest absolute Gasteiger partial charge is 0.359 e. The molecule has 3 heterocycles. The molecule has 0 radical (unpaired) electrons. The Bertz CT molecular complexity index is 668. The molecule has 0 aliphatic rings. The van der Waals surface area contributed by atoms with Crippen molar-refractivity contribution in [2.45, 2.75) is 6.54 Å². The van der Waals surface area contributed by atoms with Gasteiger partial charge in [-0.15, -0.1) is 0 Å². The second-order valence-corrected chi connectivity index (χ2v) is 3.76. The number of hydrogen-bond acceptors (Lipinski definition) is 4. The first-order valence-electron chi connectivity index (χ1n) is 4.78. The average molecular weight is 232 g/mol. The third kappa shape index (κ3) is 1.43. The van der Waals surface area contributed by atoms with Gasteiger partial charge in [-0.1, -0.05) is 5.16 Å². The van der Waals surface area contributed by atoms with Gasteiger partial charge in [-0.25, -0.2) is 4.98 Å². The van der Waals surface area contributed by atoms with Crippen LogP contribution in [0.4, 0.5) is 0 Å². The molecule has 1 N–H and O–H groups in total. The van der Waals surface area contributed by atoms with Gasteiger partial charge in [-0.2, -0.15) is 0 Å². The van der Waals surface area contributed by atoms with Crippen molar-refractivity contribution in [1.82, 2.24) is 19.7 Å². The molecule has 80 valence electrons. The van der Waals surface area contributed by atoms with E-state index in [-0.39, 0.29) is 0 Å². The second-order valence-electron chi connectivity index (χ2n) is 3.37. The number of aromatic nitrogens is 4. The van der Waals surface area contributed by atoms with Crippen LogP contribution in [0.5, 0.6) is 0 Å². The summed E-state index contributed by atoms with van der Waals surface area (Å²) >= 11 is 5.23. The van der Waals surface area contributed by atoms with Crippen molar-refractivity contribution < 1.29 is 4.52 Å². The van der Waals surface area contributed by atoms with E-state index in [1.54, 1.807) is 12.4 Å². The number of imidazole rings is 1. The summed E-state index contributed by atoms with van der Waals surface area (Å²) in [5.41, 5.74) is 1.75. The van der Waals surface area contributed by atoms with Gasteiger partial charge in [0, 0.05) is 12.3 Å². The van der Waals surface area contributed by atoms with Gasteiger partial charge in [0.15, 0.2) is 16.2 Å². The second kappa shape index (κ2) is 3.57. The highest BCUT2D eigenvalue weighted by Crippen LogP contribution is 2.12. The van der Waals surface area contributed by atoms with Crippen LogP contribution >= 0.6 is 12.2 Å². The molecule has 0 spiro atoms. The first kappa shape index (κ1) is 9.29. The van der Waals surface area contributed by atoms with E-state index in [2.05, 4.69) is 15.1 Å². The number of H-pyrrole nitrogens is 1.